The normalized spacial score (nSPS) is 14.6. The Balaban J connectivity index is 1.15. The predicted molar refractivity (Wildman–Crippen MR) is 134 cm³/mol. The van der Waals surface area contributed by atoms with Crippen LogP contribution in [0.5, 0.6) is 5.75 Å². The Hall–Kier alpha value is -2.29. The lowest BCUT2D eigenvalue weighted by atomic mass is 10.2. The smallest absolute Gasteiger partial charge is 0.220 e. The van der Waals surface area contributed by atoms with Crippen molar-refractivity contribution in [1.29, 1.82) is 0 Å². The second-order valence-corrected chi connectivity index (χ2v) is 10.1. The number of methoxy groups -OCH3 is 1. The molecule has 1 amide bonds. The molecule has 1 saturated heterocycles. The quantitative estimate of drug-likeness (QED) is 0.477. The number of hydrogen-bond acceptors (Lipinski definition) is 7. The first-order chi connectivity index (χ1) is 15.6. The minimum atomic E-state index is 0.131. The number of nitrogens with one attached hydrogen (secondary N) is 1. The Kier molecular flexibility index (Phi) is 7.89. The van der Waals surface area contributed by atoms with Gasteiger partial charge in [0.15, 0.2) is 5.13 Å². The number of rotatable bonds is 9. The van der Waals surface area contributed by atoms with Crippen molar-refractivity contribution in [3.8, 4) is 5.75 Å². The second kappa shape index (κ2) is 11.0. The number of thioether (sulfide) groups is 1. The van der Waals surface area contributed by atoms with Gasteiger partial charge in [0.25, 0.3) is 0 Å². The van der Waals surface area contributed by atoms with Crippen LogP contribution >= 0.6 is 23.1 Å². The minimum absolute atomic E-state index is 0.131. The Bertz CT molecular complexity index is 1030. The molecule has 0 unspecified atom stereocenters. The molecule has 0 bridgehead atoms. The van der Waals surface area contributed by atoms with Gasteiger partial charge in [0, 0.05) is 56.3 Å². The number of carbonyl (C=O) groups is 1. The average Bonchev–Trinajstić information content (AvgIpc) is 3.25. The van der Waals surface area contributed by atoms with Crippen molar-refractivity contribution < 1.29 is 9.53 Å². The van der Waals surface area contributed by atoms with Crippen molar-refractivity contribution >= 4 is 44.4 Å². The highest BCUT2D eigenvalue weighted by atomic mass is 32.2. The van der Waals surface area contributed by atoms with Gasteiger partial charge < -0.3 is 15.0 Å². The van der Waals surface area contributed by atoms with E-state index in [1.54, 1.807) is 30.2 Å². The number of hydrogen-bond donors (Lipinski definition) is 1. The largest absolute Gasteiger partial charge is 0.494 e. The fourth-order valence-corrected chi connectivity index (χ4v) is 5.60. The molecule has 3 aromatic rings. The van der Waals surface area contributed by atoms with Gasteiger partial charge in [-0.25, -0.2) is 4.98 Å². The molecule has 4 rings (SSSR count). The zero-order chi connectivity index (χ0) is 22.3. The SMILES string of the molecule is COc1cccc2sc(N3CCN(CCNC(=O)CCSc4ccc(C)cc4)CC3)nc12. The first-order valence-electron chi connectivity index (χ1n) is 11.0. The van der Waals surface area contributed by atoms with E-state index in [0.717, 1.165) is 59.6 Å². The van der Waals surface area contributed by atoms with E-state index in [2.05, 4.69) is 52.4 Å². The summed E-state index contributed by atoms with van der Waals surface area (Å²) in [5.41, 5.74) is 2.20. The van der Waals surface area contributed by atoms with Crippen LogP contribution in [-0.2, 0) is 4.79 Å². The Labute approximate surface area is 198 Å². The molecular weight excluding hydrogens is 440 g/mol. The van der Waals surface area contributed by atoms with Gasteiger partial charge in [0.2, 0.25) is 5.91 Å². The second-order valence-electron chi connectivity index (χ2n) is 7.89. The number of aryl methyl sites for hydroxylation is 1. The van der Waals surface area contributed by atoms with Crippen LogP contribution in [0.15, 0.2) is 47.4 Å². The fourth-order valence-electron chi connectivity index (χ4n) is 3.71. The topological polar surface area (TPSA) is 57.7 Å². The summed E-state index contributed by atoms with van der Waals surface area (Å²) in [6, 6.07) is 14.5. The molecular formula is C24H30N4O2S2. The van der Waals surface area contributed by atoms with E-state index in [-0.39, 0.29) is 5.91 Å². The Morgan fingerprint density at radius 1 is 1.16 bits per heavy atom. The maximum absolute atomic E-state index is 12.1. The molecule has 1 aromatic heterocycles. The van der Waals surface area contributed by atoms with Crippen LogP contribution in [0, 0.1) is 6.92 Å². The highest BCUT2D eigenvalue weighted by Crippen LogP contribution is 2.34. The van der Waals surface area contributed by atoms with Crippen LogP contribution in [0.2, 0.25) is 0 Å². The molecule has 6 nitrogen and oxygen atoms in total. The number of piperazine rings is 1. The fraction of sp³-hybridized carbons (Fsp3) is 0.417. The summed E-state index contributed by atoms with van der Waals surface area (Å²) in [7, 11) is 1.69. The van der Waals surface area contributed by atoms with E-state index in [1.165, 1.54) is 10.5 Å². The number of aromatic nitrogens is 1. The lowest BCUT2D eigenvalue weighted by Crippen LogP contribution is -2.48. The third-order valence-electron chi connectivity index (χ3n) is 5.60. The van der Waals surface area contributed by atoms with Crippen molar-refractivity contribution in [2.24, 2.45) is 0 Å². The number of amides is 1. The number of para-hydroxylation sites is 1. The van der Waals surface area contributed by atoms with Gasteiger partial charge in [-0.15, -0.1) is 11.8 Å². The maximum Gasteiger partial charge on any atom is 0.220 e. The van der Waals surface area contributed by atoms with Crippen molar-refractivity contribution in [2.45, 2.75) is 18.2 Å². The lowest BCUT2D eigenvalue weighted by Gasteiger charge is -2.34. The van der Waals surface area contributed by atoms with Crippen LogP contribution in [0.4, 0.5) is 5.13 Å². The minimum Gasteiger partial charge on any atom is -0.494 e. The monoisotopic (exact) mass is 470 g/mol. The zero-order valence-corrected chi connectivity index (χ0v) is 20.3. The number of thiazole rings is 1. The van der Waals surface area contributed by atoms with E-state index in [0.29, 0.717) is 13.0 Å². The molecule has 0 saturated carbocycles. The van der Waals surface area contributed by atoms with Crippen molar-refractivity contribution in [1.82, 2.24) is 15.2 Å². The van der Waals surface area contributed by atoms with Gasteiger partial charge >= 0.3 is 0 Å². The van der Waals surface area contributed by atoms with Crippen molar-refractivity contribution in [3.63, 3.8) is 0 Å². The summed E-state index contributed by atoms with van der Waals surface area (Å²) >= 11 is 3.45. The summed E-state index contributed by atoms with van der Waals surface area (Å²) in [5.74, 6) is 1.77. The zero-order valence-electron chi connectivity index (χ0n) is 18.7. The number of fused-ring (bicyclic) bond motifs is 1. The summed E-state index contributed by atoms with van der Waals surface area (Å²) in [4.78, 5) is 22.9. The van der Waals surface area contributed by atoms with E-state index >= 15 is 0 Å². The number of carbonyl (C=O) groups excluding carboxylic acids is 1. The van der Waals surface area contributed by atoms with Crippen molar-refractivity contribution in [3.05, 3.63) is 48.0 Å². The van der Waals surface area contributed by atoms with E-state index < -0.39 is 0 Å². The molecule has 0 radical (unpaired) electrons. The predicted octanol–water partition coefficient (Wildman–Crippen LogP) is 4.03. The van der Waals surface area contributed by atoms with Crippen LogP contribution in [-0.4, -0.2) is 67.9 Å². The molecule has 1 N–H and O–H groups in total. The van der Waals surface area contributed by atoms with Crippen LogP contribution in [0.1, 0.15) is 12.0 Å². The molecule has 0 aliphatic carbocycles. The molecule has 1 fully saturated rings. The molecule has 0 atom stereocenters. The standard InChI is InChI=1S/C24H30N4O2S2/c1-18-6-8-19(9-7-18)31-17-10-22(29)25-11-12-27-13-15-28(16-14-27)24-26-23-20(30-2)4-3-5-21(23)32-24/h3-9H,10-17H2,1-2H3,(H,25,29). The third kappa shape index (κ3) is 5.94. The molecule has 1 aliphatic heterocycles. The Morgan fingerprint density at radius 3 is 2.69 bits per heavy atom. The van der Waals surface area contributed by atoms with Gasteiger partial charge in [-0.05, 0) is 31.2 Å². The van der Waals surface area contributed by atoms with E-state index in [9.17, 15) is 4.79 Å². The molecule has 32 heavy (non-hydrogen) atoms. The van der Waals surface area contributed by atoms with Gasteiger partial charge in [-0.1, -0.05) is 35.1 Å². The first-order valence-corrected chi connectivity index (χ1v) is 12.8. The van der Waals surface area contributed by atoms with Crippen LogP contribution in [0.25, 0.3) is 10.2 Å². The van der Waals surface area contributed by atoms with Gasteiger partial charge in [0.05, 0.1) is 11.8 Å². The average molecular weight is 471 g/mol. The van der Waals surface area contributed by atoms with E-state index in [4.69, 9.17) is 9.72 Å². The van der Waals surface area contributed by atoms with Gasteiger partial charge in [-0.2, -0.15) is 0 Å². The molecule has 1 aliphatic rings. The van der Waals surface area contributed by atoms with Gasteiger partial charge in [-0.3, -0.25) is 9.69 Å². The van der Waals surface area contributed by atoms with E-state index in [1.807, 2.05) is 12.1 Å². The Morgan fingerprint density at radius 2 is 1.94 bits per heavy atom. The molecule has 170 valence electrons. The maximum atomic E-state index is 12.1. The van der Waals surface area contributed by atoms with Crippen molar-refractivity contribution in [2.75, 3.05) is 57.0 Å². The molecule has 2 heterocycles. The molecule has 0 spiro atoms. The van der Waals surface area contributed by atoms with Crippen LogP contribution in [0.3, 0.4) is 0 Å². The number of ether oxygens (including phenoxy) is 1. The molecule has 2 aromatic carbocycles. The summed E-state index contributed by atoms with van der Waals surface area (Å²) < 4.78 is 6.60. The summed E-state index contributed by atoms with van der Waals surface area (Å²) in [6.07, 6.45) is 0.549. The third-order valence-corrected chi connectivity index (χ3v) is 7.70. The lowest BCUT2D eigenvalue weighted by molar-refractivity contribution is -0.120. The number of benzene rings is 2. The highest BCUT2D eigenvalue weighted by molar-refractivity contribution is 7.99. The number of anilines is 1. The van der Waals surface area contributed by atoms with Gasteiger partial charge in [0.1, 0.15) is 11.3 Å². The van der Waals surface area contributed by atoms with Crippen LogP contribution < -0.4 is 15.0 Å². The summed E-state index contributed by atoms with van der Waals surface area (Å²) in [5, 5.41) is 4.13. The summed E-state index contributed by atoms with van der Waals surface area (Å²) in [6.45, 7) is 7.52. The first kappa shape index (κ1) is 22.9. The highest BCUT2D eigenvalue weighted by Gasteiger charge is 2.20. The number of nitrogens with zero attached hydrogens (tertiary/aromatic N) is 3. The molecule has 8 heteroatoms.